The van der Waals surface area contributed by atoms with Gasteiger partial charge in [-0.05, 0) is 25.7 Å². The summed E-state index contributed by atoms with van der Waals surface area (Å²) >= 11 is 0. The van der Waals surface area contributed by atoms with Crippen molar-refractivity contribution in [2.24, 2.45) is 0 Å². The Hall–Kier alpha value is -1.14. The van der Waals surface area contributed by atoms with Crippen LogP contribution in [0.2, 0.25) is 0 Å². The average Bonchev–Trinajstić information content (AvgIpc) is 3.33. The summed E-state index contributed by atoms with van der Waals surface area (Å²) in [5, 5.41) is 23.4. The van der Waals surface area contributed by atoms with Gasteiger partial charge in [0.25, 0.3) is 0 Å². The van der Waals surface area contributed by atoms with E-state index in [2.05, 4.69) is 19.2 Å². The van der Waals surface area contributed by atoms with Gasteiger partial charge in [0.05, 0.1) is 25.4 Å². The van der Waals surface area contributed by atoms with Crippen molar-refractivity contribution in [2.75, 3.05) is 13.2 Å². The summed E-state index contributed by atoms with van der Waals surface area (Å²) in [4.78, 5) is 24.6. The molecule has 0 rings (SSSR count). The predicted octanol–water partition coefficient (Wildman–Crippen LogP) is 19.1. The van der Waals surface area contributed by atoms with Gasteiger partial charge in [-0.2, -0.15) is 0 Å². The number of nitrogens with one attached hydrogen (secondary N) is 1. The first-order valence-corrected chi connectivity index (χ1v) is 30.8. The normalized spacial score (nSPS) is 12.5. The molecule has 0 aromatic carbocycles. The fourth-order valence-corrected chi connectivity index (χ4v) is 9.94. The number of unbranched alkanes of at least 4 members (excludes halogenated alkanes) is 47. The van der Waals surface area contributed by atoms with Crippen LogP contribution in [0, 0.1) is 0 Å². The predicted molar refractivity (Wildman–Crippen MR) is 292 cm³/mol. The Labute approximate surface area is 419 Å². The molecule has 0 aliphatic rings. The lowest BCUT2D eigenvalue weighted by Crippen LogP contribution is -2.45. The number of hydrogen-bond acceptors (Lipinski definition) is 5. The van der Waals surface area contributed by atoms with Gasteiger partial charge in [0.1, 0.15) is 0 Å². The van der Waals surface area contributed by atoms with Gasteiger partial charge in [0.15, 0.2) is 0 Å². The molecule has 0 aromatic rings. The first kappa shape index (κ1) is 65.9. The highest BCUT2D eigenvalue weighted by molar-refractivity contribution is 5.76. The maximum absolute atomic E-state index is 12.5. The van der Waals surface area contributed by atoms with Gasteiger partial charge < -0.3 is 20.3 Å². The summed E-state index contributed by atoms with van der Waals surface area (Å²) in [6.07, 6.45) is 66.8. The first-order valence-electron chi connectivity index (χ1n) is 30.8. The standard InChI is InChI=1S/C61H121NO5/c1-3-5-7-9-11-13-15-17-19-20-21-22-23-24-25-26-27-28-29-30-33-37-41-45-49-53-59(64)58(57-63)62-60(65)54-50-46-42-38-34-32-36-40-44-48-52-56-67-61(66)55-51-47-43-39-35-31-18-16-14-12-10-8-6-4-2/h58-59,63-64H,3-57H2,1-2H3,(H,62,65). The van der Waals surface area contributed by atoms with Crippen LogP contribution in [0.25, 0.3) is 0 Å². The molecule has 2 atom stereocenters. The second-order valence-corrected chi connectivity index (χ2v) is 21.4. The Morgan fingerprint density at radius 1 is 0.358 bits per heavy atom. The molecule has 0 aliphatic heterocycles. The zero-order chi connectivity index (χ0) is 48.6. The quantitative estimate of drug-likeness (QED) is 0.0417. The van der Waals surface area contributed by atoms with E-state index in [1.165, 1.54) is 263 Å². The van der Waals surface area contributed by atoms with Crippen molar-refractivity contribution in [3.63, 3.8) is 0 Å². The topological polar surface area (TPSA) is 95.9 Å². The second-order valence-electron chi connectivity index (χ2n) is 21.4. The Morgan fingerprint density at radius 2 is 0.612 bits per heavy atom. The van der Waals surface area contributed by atoms with Crippen molar-refractivity contribution in [1.29, 1.82) is 0 Å². The molecule has 0 aliphatic carbocycles. The summed E-state index contributed by atoms with van der Waals surface area (Å²) in [6.45, 7) is 4.95. The molecule has 0 fully saturated rings. The van der Waals surface area contributed by atoms with E-state index < -0.39 is 12.1 Å². The molecule has 0 bridgehead atoms. The summed E-state index contributed by atoms with van der Waals surface area (Å²) in [5.74, 6) is -0.0580. The molecular weight excluding hydrogens is 827 g/mol. The highest BCUT2D eigenvalue weighted by Crippen LogP contribution is 2.18. The maximum atomic E-state index is 12.5. The number of carbonyl (C=O) groups is 2. The minimum absolute atomic E-state index is 0.00955. The van der Waals surface area contributed by atoms with E-state index in [9.17, 15) is 19.8 Å². The number of ether oxygens (including phenoxy) is 1. The van der Waals surface area contributed by atoms with Crippen LogP contribution in [0.15, 0.2) is 0 Å². The fourth-order valence-electron chi connectivity index (χ4n) is 9.94. The van der Waals surface area contributed by atoms with Gasteiger partial charge in [0, 0.05) is 12.8 Å². The second kappa shape index (κ2) is 57.4. The lowest BCUT2D eigenvalue weighted by Gasteiger charge is -2.22. The number of carbonyl (C=O) groups excluding carboxylic acids is 2. The van der Waals surface area contributed by atoms with Gasteiger partial charge in [-0.15, -0.1) is 0 Å². The van der Waals surface area contributed by atoms with E-state index in [0.717, 1.165) is 57.8 Å². The molecule has 3 N–H and O–H groups in total. The molecule has 0 saturated carbocycles. The molecule has 6 heteroatoms. The first-order chi connectivity index (χ1) is 33.0. The zero-order valence-electron chi connectivity index (χ0n) is 45.7. The molecule has 0 heterocycles. The van der Waals surface area contributed by atoms with Gasteiger partial charge in [-0.1, -0.05) is 316 Å². The largest absolute Gasteiger partial charge is 0.466 e. The SMILES string of the molecule is CCCCCCCCCCCCCCCCCCCCCCCCCCCC(O)C(CO)NC(=O)CCCCCCCCCCCCCOC(=O)CCCCCCCCCCCCCCCC. The van der Waals surface area contributed by atoms with Crippen LogP contribution in [0.4, 0.5) is 0 Å². The third-order valence-corrected chi connectivity index (χ3v) is 14.7. The van der Waals surface area contributed by atoms with E-state index in [1.54, 1.807) is 0 Å². The Bertz CT molecular complexity index is 959. The third kappa shape index (κ3) is 54.0. The third-order valence-electron chi connectivity index (χ3n) is 14.7. The highest BCUT2D eigenvalue weighted by Gasteiger charge is 2.20. The van der Waals surface area contributed by atoms with Crippen molar-refractivity contribution < 1.29 is 24.5 Å². The lowest BCUT2D eigenvalue weighted by molar-refractivity contribution is -0.143. The Morgan fingerprint density at radius 3 is 0.910 bits per heavy atom. The van der Waals surface area contributed by atoms with Crippen LogP contribution < -0.4 is 5.32 Å². The molecule has 2 unspecified atom stereocenters. The molecule has 67 heavy (non-hydrogen) atoms. The van der Waals surface area contributed by atoms with Crippen LogP contribution in [0.5, 0.6) is 0 Å². The number of rotatable bonds is 58. The van der Waals surface area contributed by atoms with Crippen LogP contribution in [0.1, 0.15) is 354 Å². The average molecular weight is 949 g/mol. The van der Waals surface area contributed by atoms with Crippen molar-refractivity contribution in [3.05, 3.63) is 0 Å². The number of aliphatic hydroxyl groups excluding tert-OH is 2. The number of esters is 1. The molecule has 0 saturated heterocycles. The smallest absolute Gasteiger partial charge is 0.305 e. The van der Waals surface area contributed by atoms with Gasteiger partial charge in [-0.3, -0.25) is 9.59 Å². The van der Waals surface area contributed by atoms with Crippen LogP contribution in [-0.2, 0) is 14.3 Å². The molecule has 0 radical (unpaired) electrons. The minimum Gasteiger partial charge on any atom is -0.466 e. The molecule has 0 spiro atoms. The minimum atomic E-state index is -0.676. The van der Waals surface area contributed by atoms with Gasteiger partial charge >= 0.3 is 5.97 Å². The van der Waals surface area contributed by atoms with Gasteiger partial charge in [-0.25, -0.2) is 0 Å². The van der Waals surface area contributed by atoms with Gasteiger partial charge in [0.2, 0.25) is 5.91 Å². The Balaban J connectivity index is 3.43. The molecule has 1 amide bonds. The number of hydrogen-bond donors (Lipinski definition) is 3. The van der Waals surface area contributed by atoms with Crippen molar-refractivity contribution in [1.82, 2.24) is 5.32 Å². The monoisotopic (exact) mass is 948 g/mol. The number of amides is 1. The molecule has 0 aromatic heterocycles. The van der Waals surface area contributed by atoms with Crippen LogP contribution >= 0.6 is 0 Å². The summed E-state index contributed by atoms with van der Waals surface area (Å²) in [5.41, 5.74) is 0. The lowest BCUT2D eigenvalue weighted by atomic mass is 10.0. The van der Waals surface area contributed by atoms with E-state index in [1.807, 2.05) is 0 Å². The molecular formula is C61H121NO5. The number of aliphatic hydroxyl groups is 2. The summed E-state index contributed by atoms with van der Waals surface area (Å²) in [7, 11) is 0. The summed E-state index contributed by atoms with van der Waals surface area (Å²) in [6, 6.07) is -0.555. The van der Waals surface area contributed by atoms with Crippen molar-refractivity contribution in [3.8, 4) is 0 Å². The van der Waals surface area contributed by atoms with Crippen molar-refractivity contribution in [2.45, 2.75) is 366 Å². The van der Waals surface area contributed by atoms with Crippen LogP contribution in [-0.4, -0.2) is 47.4 Å². The van der Waals surface area contributed by atoms with E-state index in [0.29, 0.717) is 25.9 Å². The maximum Gasteiger partial charge on any atom is 0.305 e. The molecule has 6 nitrogen and oxygen atoms in total. The van der Waals surface area contributed by atoms with E-state index in [-0.39, 0.29) is 18.5 Å². The van der Waals surface area contributed by atoms with Crippen molar-refractivity contribution >= 4 is 11.9 Å². The summed E-state index contributed by atoms with van der Waals surface area (Å²) < 4.78 is 5.47. The fraction of sp³-hybridized carbons (Fsp3) is 0.967. The highest BCUT2D eigenvalue weighted by atomic mass is 16.5. The Kier molecular flexibility index (Phi) is 56.5. The van der Waals surface area contributed by atoms with Crippen LogP contribution in [0.3, 0.4) is 0 Å². The zero-order valence-corrected chi connectivity index (χ0v) is 45.7. The van der Waals surface area contributed by atoms with E-state index >= 15 is 0 Å². The molecule has 400 valence electrons. The van der Waals surface area contributed by atoms with E-state index in [4.69, 9.17) is 4.74 Å².